The molecule has 0 atom stereocenters. The summed E-state index contributed by atoms with van der Waals surface area (Å²) in [7, 11) is 3.95. The summed E-state index contributed by atoms with van der Waals surface area (Å²) in [5, 5.41) is 8.64. The molecule has 1 aliphatic rings. The van der Waals surface area contributed by atoms with Crippen molar-refractivity contribution in [2.45, 2.75) is 6.92 Å². The quantitative estimate of drug-likeness (QED) is 0.800. The fourth-order valence-electron chi connectivity index (χ4n) is 2.65. The van der Waals surface area contributed by atoms with Gasteiger partial charge in [0.2, 0.25) is 5.78 Å². The van der Waals surface area contributed by atoms with Gasteiger partial charge in [-0.1, -0.05) is 12.1 Å². The van der Waals surface area contributed by atoms with Crippen LogP contribution >= 0.6 is 0 Å². The number of Topliss-reactive ketones (excluding diaryl/α,β-unsaturated/α-hetero) is 1. The molecule has 25 heavy (non-hydrogen) atoms. The second-order valence-corrected chi connectivity index (χ2v) is 5.94. The van der Waals surface area contributed by atoms with Gasteiger partial charge in [0.05, 0.1) is 5.56 Å². The van der Waals surface area contributed by atoms with Crippen LogP contribution < -0.4 is 14.4 Å². The van der Waals surface area contributed by atoms with E-state index in [1.165, 1.54) is 0 Å². The van der Waals surface area contributed by atoms with Crippen LogP contribution in [0.2, 0.25) is 0 Å². The molecule has 0 N–H and O–H groups in total. The Balaban J connectivity index is 1.89. The molecular weight excluding hydrogens is 316 g/mol. The highest BCUT2D eigenvalue weighted by atomic mass is 16.5. The summed E-state index contributed by atoms with van der Waals surface area (Å²) in [5.41, 5.74) is 3.20. The van der Waals surface area contributed by atoms with Crippen LogP contribution in [0.5, 0.6) is 11.5 Å². The number of benzene rings is 2. The van der Waals surface area contributed by atoms with E-state index >= 15 is 0 Å². The summed E-state index contributed by atoms with van der Waals surface area (Å²) < 4.78 is 11.1. The van der Waals surface area contributed by atoms with E-state index in [2.05, 4.69) is 0 Å². The van der Waals surface area contributed by atoms with Crippen LogP contribution in [0.4, 0.5) is 5.69 Å². The lowest BCUT2D eigenvalue weighted by Crippen LogP contribution is -2.08. The summed E-state index contributed by atoms with van der Waals surface area (Å²) in [5.74, 6) is 1.18. The lowest BCUT2D eigenvalue weighted by Gasteiger charge is -2.12. The van der Waals surface area contributed by atoms with E-state index in [-0.39, 0.29) is 18.1 Å². The van der Waals surface area contributed by atoms with Gasteiger partial charge in [-0.15, -0.1) is 0 Å². The number of nitriles is 1. The molecule has 1 aliphatic heterocycles. The van der Waals surface area contributed by atoms with Crippen molar-refractivity contribution in [3.8, 4) is 17.6 Å². The molecule has 0 spiro atoms. The minimum Gasteiger partial charge on any atom is -0.478 e. The molecule has 126 valence electrons. The number of hydrogen-bond donors (Lipinski definition) is 0. The van der Waals surface area contributed by atoms with Crippen LogP contribution in [0.3, 0.4) is 0 Å². The van der Waals surface area contributed by atoms with E-state index < -0.39 is 0 Å². The van der Waals surface area contributed by atoms with Crippen molar-refractivity contribution in [2.75, 3.05) is 25.6 Å². The Bertz CT molecular complexity index is 890. The molecule has 2 aromatic carbocycles. The number of ether oxygens (including phenoxy) is 2. The normalized spacial score (nSPS) is 14.0. The predicted molar refractivity (Wildman–Crippen MR) is 96.0 cm³/mol. The van der Waals surface area contributed by atoms with Gasteiger partial charge >= 0.3 is 0 Å². The first-order valence-electron chi connectivity index (χ1n) is 7.86. The predicted octanol–water partition coefficient (Wildman–Crippen LogP) is 3.58. The van der Waals surface area contributed by atoms with Gasteiger partial charge in [-0.2, -0.15) is 5.26 Å². The van der Waals surface area contributed by atoms with E-state index in [0.717, 1.165) is 11.3 Å². The molecule has 1 heterocycles. The number of carbonyl (C=O) groups excluding carboxylic acids is 1. The first-order chi connectivity index (χ1) is 12.0. The molecule has 0 saturated heterocycles. The monoisotopic (exact) mass is 334 g/mol. The fraction of sp³-hybridized carbons (Fsp3) is 0.200. The number of ketones is 1. The molecule has 5 nitrogen and oxygen atoms in total. The van der Waals surface area contributed by atoms with Gasteiger partial charge in [0.15, 0.2) is 12.4 Å². The number of anilines is 1. The maximum absolute atomic E-state index is 12.6. The van der Waals surface area contributed by atoms with Crippen molar-refractivity contribution in [3.05, 3.63) is 58.8 Å². The second-order valence-electron chi connectivity index (χ2n) is 5.94. The molecule has 0 aliphatic carbocycles. The molecule has 3 rings (SSSR count). The maximum Gasteiger partial charge on any atom is 0.231 e. The van der Waals surface area contributed by atoms with Crippen molar-refractivity contribution in [3.63, 3.8) is 0 Å². The molecule has 0 saturated carbocycles. The highest BCUT2D eigenvalue weighted by Crippen LogP contribution is 2.39. The zero-order chi connectivity index (χ0) is 18.0. The number of fused-ring (bicyclic) bond motifs is 1. The number of hydrogen-bond acceptors (Lipinski definition) is 5. The van der Waals surface area contributed by atoms with Crippen LogP contribution in [0, 0.1) is 18.3 Å². The Morgan fingerprint density at radius 1 is 1.20 bits per heavy atom. The Morgan fingerprint density at radius 3 is 2.56 bits per heavy atom. The lowest BCUT2D eigenvalue weighted by molar-refractivity contribution is 0.101. The summed E-state index contributed by atoms with van der Waals surface area (Å²) in [6, 6.07) is 13.1. The molecule has 2 aromatic rings. The zero-order valence-corrected chi connectivity index (χ0v) is 14.4. The van der Waals surface area contributed by atoms with Gasteiger partial charge < -0.3 is 14.4 Å². The Hall–Kier alpha value is -3.26. The van der Waals surface area contributed by atoms with Crippen LogP contribution in [0.1, 0.15) is 21.5 Å². The summed E-state index contributed by atoms with van der Waals surface area (Å²) in [6.07, 6.45) is 1.73. The molecule has 0 unspecified atom stereocenters. The van der Waals surface area contributed by atoms with Crippen LogP contribution in [-0.4, -0.2) is 26.5 Å². The van der Waals surface area contributed by atoms with E-state index in [9.17, 15) is 4.79 Å². The topological polar surface area (TPSA) is 62.6 Å². The number of allylic oxidation sites excluding steroid dienone is 1. The minimum atomic E-state index is -0.151. The largest absolute Gasteiger partial charge is 0.478 e. The Labute approximate surface area is 146 Å². The minimum absolute atomic E-state index is 0.0471. The van der Waals surface area contributed by atoms with Crippen LogP contribution in [0.25, 0.3) is 6.08 Å². The standard InChI is InChI=1S/C20H18N2O3/c1-13-17(24-11-10-21)9-8-16-19(23)18(25-20(13)16)12-14-4-6-15(7-5-14)22(2)3/h4-9,12H,11H2,1-3H3/b18-12-. The van der Waals surface area contributed by atoms with Gasteiger partial charge in [-0.25, -0.2) is 0 Å². The van der Waals surface area contributed by atoms with E-state index in [1.807, 2.05) is 56.3 Å². The first kappa shape index (κ1) is 16.6. The third-order valence-corrected chi connectivity index (χ3v) is 4.04. The zero-order valence-electron chi connectivity index (χ0n) is 14.4. The highest BCUT2D eigenvalue weighted by Gasteiger charge is 2.30. The highest BCUT2D eigenvalue weighted by molar-refractivity contribution is 6.15. The van der Waals surface area contributed by atoms with Crippen LogP contribution in [-0.2, 0) is 0 Å². The van der Waals surface area contributed by atoms with Gasteiger partial charge in [0.1, 0.15) is 17.6 Å². The van der Waals surface area contributed by atoms with Gasteiger partial charge in [0.25, 0.3) is 0 Å². The van der Waals surface area contributed by atoms with Crippen molar-refractivity contribution in [1.82, 2.24) is 0 Å². The molecule has 5 heteroatoms. The molecule has 0 radical (unpaired) electrons. The number of nitrogens with zero attached hydrogens (tertiary/aromatic N) is 2. The average Bonchev–Trinajstić information content (AvgIpc) is 2.92. The smallest absolute Gasteiger partial charge is 0.231 e. The third kappa shape index (κ3) is 3.20. The van der Waals surface area contributed by atoms with Crippen molar-refractivity contribution in [2.24, 2.45) is 0 Å². The molecule has 0 bridgehead atoms. The summed E-state index contributed by atoms with van der Waals surface area (Å²) in [6.45, 7) is 1.77. The first-order valence-corrected chi connectivity index (χ1v) is 7.86. The van der Waals surface area contributed by atoms with Gasteiger partial charge in [-0.3, -0.25) is 4.79 Å². The summed E-state index contributed by atoms with van der Waals surface area (Å²) in [4.78, 5) is 14.6. The second kappa shape index (κ2) is 6.70. The van der Waals surface area contributed by atoms with E-state index in [4.69, 9.17) is 14.7 Å². The molecule has 0 amide bonds. The van der Waals surface area contributed by atoms with Crippen LogP contribution in [0.15, 0.2) is 42.2 Å². The third-order valence-electron chi connectivity index (χ3n) is 4.04. The number of carbonyl (C=O) groups is 1. The van der Waals surface area contributed by atoms with Crippen molar-refractivity contribution < 1.29 is 14.3 Å². The Morgan fingerprint density at radius 2 is 1.92 bits per heavy atom. The molecule has 0 aromatic heterocycles. The van der Waals surface area contributed by atoms with Gasteiger partial charge in [-0.05, 0) is 42.8 Å². The Kier molecular flexibility index (Phi) is 4.44. The fourth-order valence-corrected chi connectivity index (χ4v) is 2.65. The average molecular weight is 334 g/mol. The van der Waals surface area contributed by atoms with E-state index in [0.29, 0.717) is 22.6 Å². The molecular formula is C20H18N2O3. The van der Waals surface area contributed by atoms with Crippen molar-refractivity contribution >= 4 is 17.5 Å². The van der Waals surface area contributed by atoms with E-state index in [1.54, 1.807) is 18.2 Å². The number of rotatable bonds is 4. The van der Waals surface area contributed by atoms with Crippen molar-refractivity contribution in [1.29, 1.82) is 5.26 Å². The summed E-state index contributed by atoms with van der Waals surface area (Å²) >= 11 is 0. The lowest BCUT2D eigenvalue weighted by atomic mass is 10.1. The SMILES string of the molecule is Cc1c(OCC#N)ccc2c1O/C(=C\c1ccc(N(C)C)cc1)C2=O. The van der Waals surface area contributed by atoms with Gasteiger partial charge in [0, 0.05) is 25.3 Å². The maximum atomic E-state index is 12.6. The molecule has 0 fully saturated rings.